The standard InChI is InChI=1S/C24H23N3O2S/c1-30-17-18-11-13-19(14-12-18)25-24(28)15-27-22-10-6-5-9-21(22)26-23(27)16-29-20-7-3-2-4-8-20/h2-14H,15-17H2,1H3,(H,25,28). The lowest BCUT2D eigenvalue weighted by Gasteiger charge is -2.11. The van der Waals surface area contributed by atoms with Gasteiger partial charge in [-0.15, -0.1) is 0 Å². The number of imidazole rings is 1. The molecule has 6 heteroatoms. The fourth-order valence-corrected chi connectivity index (χ4v) is 3.80. The fraction of sp³-hybridized carbons (Fsp3) is 0.167. The summed E-state index contributed by atoms with van der Waals surface area (Å²) in [6.45, 7) is 0.454. The zero-order valence-corrected chi connectivity index (χ0v) is 17.6. The van der Waals surface area contributed by atoms with Crippen molar-refractivity contribution in [3.8, 4) is 5.75 Å². The van der Waals surface area contributed by atoms with Crippen LogP contribution in [0.1, 0.15) is 11.4 Å². The Kier molecular flexibility index (Phi) is 6.35. The largest absolute Gasteiger partial charge is 0.486 e. The molecule has 0 aliphatic carbocycles. The van der Waals surface area contributed by atoms with Crippen LogP contribution in [0.2, 0.25) is 0 Å². The third kappa shape index (κ3) is 4.83. The van der Waals surface area contributed by atoms with Gasteiger partial charge in [0.05, 0.1) is 11.0 Å². The highest BCUT2D eigenvalue weighted by molar-refractivity contribution is 7.97. The molecule has 0 aliphatic heterocycles. The van der Waals surface area contributed by atoms with E-state index in [1.807, 2.05) is 83.4 Å². The molecule has 0 saturated carbocycles. The van der Waals surface area contributed by atoms with E-state index >= 15 is 0 Å². The molecule has 1 aromatic heterocycles. The van der Waals surface area contributed by atoms with Gasteiger partial charge in [-0.1, -0.05) is 42.5 Å². The number of carbonyl (C=O) groups excluding carboxylic acids is 1. The van der Waals surface area contributed by atoms with Crippen LogP contribution in [0, 0.1) is 0 Å². The highest BCUT2D eigenvalue weighted by Gasteiger charge is 2.14. The van der Waals surface area contributed by atoms with Crippen molar-refractivity contribution in [1.82, 2.24) is 9.55 Å². The smallest absolute Gasteiger partial charge is 0.244 e. The number of nitrogens with one attached hydrogen (secondary N) is 1. The molecule has 0 radical (unpaired) electrons. The van der Waals surface area contributed by atoms with Gasteiger partial charge in [0.2, 0.25) is 5.91 Å². The van der Waals surface area contributed by atoms with Crippen molar-refractivity contribution in [2.75, 3.05) is 11.6 Å². The normalized spacial score (nSPS) is 10.8. The molecule has 0 unspecified atom stereocenters. The second-order valence-corrected chi connectivity index (χ2v) is 7.75. The van der Waals surface area contributed by atoms with Crippen molar-refractivity contribution in [2.24, 2.45) is 0 Å². The number of amides is 1. The van der Waals surface area contributed by atoms with Crippen LogP contribution in [-0.4, -0.2) is 21.7 Å². The van der Waals surface area contributed by atoms with E-state index in [2.05, 4.69) is 16.6 Å². The van der Waals surface area contributed by atoms with Gasteiger partial charge in [-0.2, -0.15) is 11.8 Å². The van der Waals surface area contributed by atoms with E-state index in [-0.39, 0.29) is 19.1 Å². The Balaban J connectivity index is 1.51. The molecule has 30 heavy (non-hydrogen) atoms. The Bertz CT molecular complexity index is 1120. The summed E-state index contributed by atoms with van der Waals surface area (Å²) in [6, 6.07) is 25.4. The number of thioether (sulfide) groups is 1. The predicted octanol–water partition coefficient (Wildman–Crippen LogP) is 5.12. The fourth-order valence-electron chi connectivity index (χ4n) is 3.27. The van der Waals surface area contributed by atoms with Crippen LogP contribution in [0.15, 0.2) is 78.9 Å². The molecule has 0 saturated heterocycles. The number of hydrogen-bond acceptors (Lipinski definition) is 4. The molecule has 0 fully saturated rings. The molecule has 0 bridgehead atoms. The summed E-state index contributed by atoms with van der Waals surface area (Å²) in [5.74, 6) is 2.34. The average molecular weight is 418 g/mol. The molecule has 1 amide bonds. The lowest BCUT2D eigenvalue weighted by molar-refractivity contribution is -0.116. The molecule has 0 atom stereocenters. The molecule has 1 heterocycles. The molecular weight excluding hydrogens is 394 g/mol. The van der Waals surface area contributed by atoms with Crippen LogP contribution < -0.4 is 10.1 Å². The van der Waals surface area contributed by atoms with Gasteiger partial charge in [0.1, 0.15) is 24.7 Å². The predicted molar refractivity (Wildman–Crippen MR) is 123 cm³/mol. The third-order valence-electron chi connectivity index (χ3n) is 4.70. The van der Waals surface area contributed by atoms with Crippen LogP contribution in [0.4, 0.5) is 5.69 Å². The number of ether oxygens (including phenoxy) is 1. The second kappa shape index (κ2) is 9.50. The number of nitrogens with zero attached hydrogens (tertiary/aromatic N) is 2. The van der Waals surface area contributed by atoms with Crippen molar-refractivity contribution in [3.63, 3.8) is 0 Å². The van der Waals surface area contributed by atoms with E-state index in [4.69, 9.17) is 4.74 Å². The van der Waals surface area contributed by atoms with E-state index in [0.29, 0.717) is 5.82 Å². The maximum atomic E-state index is 12.8. The number of benzene rings is 3. The van der Waals surface area contributed by atoms with Gasteiger partial charge in [0, 0.05) is 11.4 Å². The number of aromatic nitrogens is 2. The van der Waals surface area contributed by atoms with Crippen molar-refractivity contribution in [1.29, 1.82) is 0 Å². The first-order valence-corrected chi connectivity index (χ1v) is 11.1. The molecule has 152 valence electrons. The van der Waals surface area contributed by atoms with Crippen molar-refractivity contribution >= 4 is 34.4 Å². The Labute approximate surface area is 180 Å². The summed E-state index contributed by atoms with van der Waals surface area (Å²) >= 11 is 1.77. The molecule has 0 spiro atoms. The van der Waals surface area contributed by atoms with E-state index in [0.717, 1.165) is 28.2 Å². The molecule has 5 nitrogen and oxygen atoms in total. The average Bonchev–Trinajstić information content (AvgIpc) is 3.12. The van der Waals surface area contributed by atoms with Gasteiger partial charge in [-0.25, -0.2) is 4.98 Å². The lowest BCUT2D eigenvalue weighted by Crippen LogP contribution is -2.20. The second-order valence-electron chi connectivity index (χ2n) is 6.88. The minimum atomic E-state index is -0.100. The van der Waals surface area contributed by atoms with Gasteiger partial charge < -0.3 is 14.6 Å². The quantitative estimate of drug-likeness (QED) is 0.432. The minimum Gasteiger partial charge on any atom is -0.486 e. The van der Waals surface area contributed by atoms with Gasteiger partial charge in [0.25, 0.3) is 0 Å². The van der Waals surface area contributed by atoms with Crippen LogP contribution in [-0.2, 0) is 23.7 Å². The molecule has 4 aromatic rings. The zero-order chi connectivity index (χ0) is 20.8. The Hall–Kier alpha value is -3.25. The maximum Gasteiger partial charge on any atom is 0.244 e. The van der Waals surface area contributed by atoms with Crippen molar-refractivity contribution in [3.05, 3.63) is 90.3 Å². The molecular formula is C24H23N3O2S. The van der Waals surface area contributed by atoms with E-state index in [1.165, 1.54) is 5.56 Å². The van der Waals surface area contributed by atoms with Crippen LogP contribution in [0.25, 0.3) is 11.0 Å². The third-order valence-corrected chi connectivity index (χ3v) is 5.32. The number of rotatable bonds is 8. The summed E-state index contributed by atoms with van der Waals surface area (Å²) in [6.07, 6.45) is 2.07. The highest BCUT2D eigenvalue weighted by Crippen LogP contribution is 2.19. The Morgan fingerprint density at radius 3 is 2.50 bits per heavy atom. The number of fused-ring (bicyclic) bond motifs is 1. The van der Waals surface area contributed by atoms with E-state index in [1.54, 1.807) is 11.8 Å². The van der Waals surface area contributed by atoms with Gasteiger partial charge in [-0.05, 0) is 48.2 Å². The van der Waals surface area contributed by atoms with Crippen molar-refractivity contribution in [2.45, 2.75) is 18.9 Å². The number of hydrogen-bond donors (Lipinski definition) is 1. The zero-order valence-electron chi connectivity index (χ0n) is 16.7. The number of carbonyl (C=O) groups is 1. The first kappa shape index (κ1) is 20.0. The minimum absolute atomic E-state index is 0.100. The van der Waals surface area contributed by atoms with Gasteiger partial charge >= 0.3 is 0 Å². The first-order chi connectivity index (χ1) is 14.7. The number of anilines is 1. The van der Waals surface area contributed by atoms with Crippen molar-refractivity contribution < 1.29 is 9.53 Å². The SMILES string of the molecule is CSCc1ccc(NC(=O)Cn2c(COc3ccccc3)nc3ccccc32)cc1. The monoisotopic (exact) mass is 417 g/mol. The first-order valence-electron chi connectivity index (χ1n) is 9.72. The molecule has 0 aliphatic rings. The summed E-state index contributed by atoms with van der Waals surface area (Å²) in [5, 5.41) is 2.98. The maximum absolute atomic E-state index is 12.8. The Morgan fingerprint density at radius 1 is 1.00 bits per heavy atom. The summed E-state index contributed by atoms with van der Waals surface area (Å²) in [4.78, 5) is 17.4. The Morgan fingerprint density at radius 2 is 1.73 bits per heavy atom. The summed E-state index contributed by atoms with van der Waals surface area (Å²) in [7, 11) is 0. The van der Waals surface area contributed by atoms with Crippen LogP contribution in [0.5, 0.6) is 5.75 Å². The molecule has 3 aromatic carbocycles. The summed E-state index contributed by atoms with van der Waals surface area (Å²) < 4.78 is 7.79. The topological polar surface area (TPSA) is 56.2 Å². The van der Waals surface area contributed by atoms with Crippen LogP contribution in [0.3, 0.4) is 0 Å². The summed E-state index contributed by atoms with van der Waals surface area (Å²) in [5.41, 5.74) is 3.78. The van der Waals surface area contributed by atoms with E-state index < -0.39 is 0 Å². The number of para-hydroxylation sites is 3. The molecule has 1 N–H and O–H groups in total. The van der Waals surface area contributed by atoms with E-state index in [9.17, 15) is 4.79 Å². The lowest BCUT2D eigenvalue weighted by atomic mass is 10.2. The van der Waals surface area contributed by atoms with Gasteiger partial charge in [-0.3, -0.25) is 4.79 Å². The molecule has 4 rings (SSSR count). The highest BCUT2D eigenvalue weighted by atomic mass is 32.2. The van der Waals surface area contributed by atoms with Crippen LogP contribution >= 0.6 is 11.8 Å². The van der Waals surface area contributed by atoms with Gasteiger partial charge in [0.15, 0.2) is 0 Å².